The fraction of sp³-hybridized carbons (Fsp3) is 0.571. The first-order chi connectivity index (χ1) is 7.66. The molecule has 0 radical (unpaired) electrons. The van der Waals surface area contributed by atoms with E-state index in [2.05, 4.69) is 32.0 Å². The smallest absolute Gasteiger partial charge is 0.0842 e. The Hall–Kier alpha value is -0.860. The molecular weight excluding hydrogens is 200 g/mol. The van der Waals surface area contributed by atoms with Gasteiger partial charge in [-0.2, -0.15) is 0 Å². The second kappa shape index (κ2) is 4.98. The van der Waals surface area contributed by atoms with E-state index in [1.807, 2.05) is 0 Å². The molecule has 1 heterocycles. The monoisotopic (exact) mass is 220 g/mol. The van der Waals surface area contributed by atoms with Gasteiger partial charge in [-0.05, 0) is 43.4 Å². The van der Waals surface area contributed by atoms with Crippen molar-refractivity contribution in [1.82, 2.24) is 0 Å². The van der Waals surface area contributed by atoms with Crippen LogP contribution in [0.3, 0.4) is 0 Å². The fourth-order valence-corrected chi connectivity index (χ4v) is 2.21. The van der Waals surface area contributed by atoms with E-state index in [9.17, 15) is 5.11 Å². The van der Waals surface area contributed by atoms with Crippen LogP contribution in [0.25, 0.3) is 0 Å². The van der Waals surface area contributed by atoms with Crippen LogP contribution in [0.1, 0.15) is 29.5 Å². The van der Waals surface area contributed by atoms with E-state index in [1.54, 1.807) is 0 Å². The Bertz CT molecular complexity index is 354. The Morgan fingerprint density at radius 3 is 2.81 bits per heavy atom. The summed E-state index contributed by atoms with van der Waals surface area (Å²) < 4.78 is 5.49. The summed E-state index contributed by atoms with van der Waals surface area (Å²) in [6, 6.07) is 6.38. The van der Waals surface area contributed by atoms with Crippen molar-refractivity contribution in [2.75, 3.05) is 6.61 Å². The molecule has 0 bridgehead atoms. The van der Waals surface area contributed by atoms with E-state index in [4.69, 9.17) is 4.74 Å². The van der Waals surface area contributed by atoms with Crippen molar-refractivity contribution in [3.63, 3.8) is 0 Å². The molecule has 2 nitrogen and oxygen atoms in total. The zero-order chi connectivity index (χ0) is 11.5. The predicted octanol–water partition coefficient (Wildman–Crippen LogP) is 2.39. The lowest BCUT2D eigenvalue weighted by atomic mass is 9.99. The maximum Gasteiger partial charge on any atom is 0.0842 e. The van der Waals surface area contributed by atoms with Crippen molar-refractivity contribution in [3.8, 4) is 0 Å². The van der Waals surface area contributed by atoms with Crippen LogP contribution < -0.4 is 0 Å². The average Bonchev–Trinajstić information content (AvgIpc) is 2.77. The fourth-order valence-electron chi connectivity index (χ4n) is 2.21. The Balaban J connectivity index is 1.99. The largest absolute Gasteiger partial charge is 0.390 e. The molecule has 0 spiro atoms. The molecule has 1 fully saturated rings. The van der Waals surface area contributed by atoms with Gasteiger partial charge in [-0.1, -0.05) is 18.2 Å². The van der Waals surface area contributed by atoms with E-state index in [-0.39, 0.29) is 12.2 Å². The van der Waals surface area contributed by atoms with Crippen LogP contribution in [0.4, 0.5) is 0 Å². The molecule has 1 N–H and O–H groups in total. The molecule has 2 heteroatoms. The Labute approximate surface area is 97.3 Å². The van der Waals surface area contributed by atoms with E-state index < -0.39 is 0 Å². The third-order valence-corrected chi connectivity index (χ3v) is 3.41. The van der Waals surface area contributed by atoms with Gasteiger partial charge in [0, 0.05) is 13.0 Å². The third-order valence-electron chi connectivity index (χ3n) is 3.41. The minimum Gasteiger partial charge on any atom is -0.390 e. The molecule has 1 aromatic carbocycles. The summed E-state index contributed by atoms with van der Waals surface area (Å²) >= 11 is 0. The minimum atomic E-state index is -0.357. The van der Waals surface area contributed by atoms with Crippen LogP contribution in [0.2, 0.25) is 0 Å². The Kier molecular flexibility index (Phi) is 3.62. The van der Waals surface area contributed by atoms with Crippen molar-refractivity contribution in [2.45, 2.75) is 45.3 Å². The summed E-state index contributed by atoms with van der Waals surface area (Å²) in [6.07, 6.45) is 2.46. The second-order valence-electron chi connectivity index (χ2n) is 4.74. The first kappa shape index (κ1) is 11.6. The highest BCUT2D eigenvalue weighted by atomic mass is 16.5. The van der Waals surface area contributed by atoms with Crippen LogP contribution in [0.15, 0.2) is 18.2 Å². The molecule has 0 amide bonds. The summed E-state index contributed by atoms with van der Waals surface area (Å²) in [6.45, 7) is 5.02. The van der Waals surface area contributed by atoms with Crippen molar-refractivity contribution >= 4 is 0 Å². The summed E-state index contributed by atoms with van der Waals surface area (Å²) in [7, 11) is 0. The number of hydrogen-bond donors (Lipinski definition) is 1. The van der Waals surface area contributed by atoms with Crippen molar-refractivity contribution in [3.05, 3.63) is 34.9 Å². The molecule has 1 saturated heterocycles. The van der Waals surface area contributed by atoms with Gasteiger partial charge in [0.05, 0.1) is 12.2 Å². The van der Waals surface area contributed by atoms with E-state index in [0.717, 1.165) is 19.4 Å². The van der Waals surface area contributed by atoms with Crippen molar-refractivity contribution < 1.29 is 9.84 Å². The zero-order valence-corrected chi connectivity index (χ0v) is 10.1. The van der Waals surface area contributed by atoms with Crippen LogP contribution >= 0.6 is 0 Å². The number of ether oxygens (including phenoxy) is 1. The van der Waals surface area contributed by atoms with Crippen molar-refractivity contribution in [1.29, 1.82) is 0 Å². The van der Waals surface area contributed by atoms with E-state index in [0.29, 0.717) is 6.42 Å². The van der Waals surface area contributed by atoms with Crippen LogP contribution in [0.5, 0.6) is 0 Å². The summed E-state index contributed by atoms with van der Waals surface area (Å²) in [4.78, 5) is 0. The lowest BCUT2D eigenvalue weighted by Gasteiger charge is -2.17. The molecule has 88 valence electrons. The number of hydrogen-bond acceptors (Lipinski definition) is 2. The maximum absolute atomic E-state index is 10.0. The molecule has 16 heavy (non-hydrogen) atoms. The van der Waals surface area contributed by atoms with Crippen LogP contribution in [-0.2, 0) is 11.2 Å². The van der Waals surface area contributed by atoms with Gasteiger partial charge >= 0.3 is 0 Å². The molecule has 2 unspecified atom stereocenters. The quantitative estimate of drug-likeness (QED) is 0.847. The first-order valence-electron chi connectivity index (χ1n) is 6.02. The second-order valence-corrected chi connectivity index (χ2v) is 4.74. The van der Waals surface area contributed by atoms with Gasteiger partial charge in [-0.15, -0.1) is 0 Å². The summed E-state index contributed by atoms with van der Waals surface area (Å²) in [5.41, 5.74) is 3.79. The number of aliphatic hydroxyl groups is 1. The van der Waals surface area contributed by atoms with Gasteiger partial charge in [0.1, 0.15) is 0 Å². The minimum absolute atomic E-state index is 0.0432. The highest BCUT2D eigenvalue weighted by Gasteiger charge is 2.24. The van der Waals surface area contributed by atoms with Gasteiger partial charge in [0.2, 0.25) is 0 Å². The zero-order valence-electron chi connectivity index (χ0n) is 10.1. The van der Waals surface area contributed by atoms with Gasteiger partial charge < -0.3 is 9.84 Å². The van der Waals surface area contributed by atoms with Crippen LogP contribution in [-0.4, -0.2) is 23.9 Å². The van der Waals surface area contributed by atoms with Gasteiger partial charge in [-0.25, -0.2) is 0 Å². The normalized spacial score (nSPS) is 22.3. The van der Waals surface area contributed by atoms with E-state index >= 15 is 0 Å². The van der Waals surface area contributed by atoms with Gasteiger partial charge in [0.25, 0.3) is 0 Å². The van der Waals surface area contributed by atoms with Crippen LogP contribution in [0, 0.1) is 13.8 Å². The molecule has 1 aliphatic heterocycles. The standard InChI is InChI=1S/C14H20O2/c1-10-5-6-12(8-11(10)2)9-13(15)14-4-3-7-16-14/h5-6,8,13-15H,3-4,7,9H2,1-2H3. The average molecular weight is 220 g/mol. The number of aryl methyl sites for hydroxylation is 2. The number of rotatable bonds is 3. The lowest BCUT2D eigenvalue weighted by Crippen LogP contribution is -2.27. The molecule has 2 rings (SSSR count). The maximum atomic E-state index is 10.0. The number of benzene rings is 1. The van der Waals surface area contributed by atoms with Gasteiger partial charge in [-0.3, -0.25) is 0 Å². The molecule has 0 aliphatic carbocycles. The highest BCUT2D eigenvalue weighted by molar-refractivity contribution is 5.30. The first-order valence-corrected chi connectivity index (χ1v) is 6.02. The predicted molar refractivity (Wildman–Crippen MR) is 64.6 cm³/mol. The third kappa shape index (κ3) is 2.63. The molecule has 0 saturated carbocycles. The highest BCUT2D eigenvalue weighted by Crippen LogP contribution is 2.19. The topological polar surface area (TPSA) is 29.5 Å². The summed E-state index contributed by atoms with van der Waals surface area (Å²) in [5.74, 6) is 0. The lowest BCUT2D eigenvalue weighted by molar-refractivity contribution is -0.000777. The number of aliphatic hydroxyl groups excluding tert-OH is 1. The molecule has 1 aliphatic rings. The van der Waals surface area contributed by atoms with E-state index in [1.165, 1.54) is 16.7 Å². The molecule has 2 atom stereocenters. The Morgan fingerprint density at radius 1 is 1.38 bits per heavy atom. The molecular formula is C14H20O2. The molecule has 0 aromatic heterocycles. The van der Waals surface area contributed by atoms with Gasteiger partial charge in [0.15, 0.2) is 0 Å². The molecule has 1 aromatic rings. The Morgan fingerprint density at radius 2 is 2.19 bits per heavy atom. The SMILES string of the molecule is Cc1ccc(CC(O)C2CCCO2)cc1C. The summed E-state index contributed by atoms with van der Waals surface area (Å²) in [5, 5.41) is 10.0. The van der Waals surface area contributed by atoms with Crippen molar-refractivity contribution in [2.24, 2.45) is 0 Å².